The van der Waals surface area contributed by atoms with Crippen molar-refractivity contribution in [3.8, 4) is 0 Å². The van der Waals surface area contributed by atoms with Crippen LogP contribution in [0.1, 0.15) is 13.8 Å². The van der Waals surface area contributed by atoms with Gasteiger partial charge in [-0.25, -0.2) is 0 Å². The number of anilines is 2. The number of nitrogens with zero attached hydrogens (tertiary/aromatic N) is 2. The lowest BCUT2D eigenvalue weighted by molar-refractivity contribution is 0.284. The summed E-state index contributed by atoms with van der Waals surface area (Å²) in [4.78, 5) is 2.27. The molecule has 0 atom stereocenters. The van der Waals surface area contributed by atoms with Gasteiger partial charge in [0.15, 0.2) is 0 Å². The Labute approximate surface area is 84.7 Å². The van der Waals surface area contributed by atoms with Crippen molar-refractivity contribution < 1.29 is 0 Å². The molecule has 0 amide bonds. The summed E-state index contributed by atoms with van der Waals surface area (Å²) in [6, 6.07) is 0.568. The van der Waals surface area contributed by atoms with Gasteiger partial charge in [-0.1, -0.05) is 0 Å². The average molecular weight is 197 g/mol. The molecule has 0 radical (unpaired) electrons. The summed E-state index contributed by atoms with van der Waals surface area (Å²) < 4.78 is 0. The molecule has 0 spiro atoms. The Bertz CT molecular complexity index is 268. The predicted molar refractivity (Wildman–Crippen MR) is 59.3 cm³/mol. The minimum absolute atomic E-state index is 0.568. The number of aromatic amines is 1. The summed E-state index contributed by atoms with van der Waals surface area (Å²) in [5, 5.41) is 9.73. The summed E-state index contributed by atoms with van der Waals surface area (Å²) in [5.41, 5.74) is 6.50. The fourth-order valence-electron chi connectivity index (χ4n) is 1.06. The number of hydrogen-bond acceptors (Lipinski definition) is 4. The molecule has 4 N–H and O–H groups in total. The Balaban J connectivity index is 2.25. The molecule has 0 aliphatic rings. The van der Waals surface area contributed by atoms with Crippen molar-refractivity contribution in [1.29, 1.82) is 0 Å². The molecule has 5 nitrogen and oxygen atoms in total. The fraction of sp³-hybridized carbons (Fsp3) is 0.667. The molecule has 0 fully saturated rings. The molecule has 0 saturated heterocycles. The minimum Gasteiger partial charge on any atom is -0.382 e. The van der Waals surface area contributed by atoms with Crippen molar-refractivity contribution >= 4 is 11.5 Å². The number of rotatable bonds is 5. The number of likely N-dealkylation sites (N-methyl/N-ethyl adjacent to an activating group) is 1. The Morgan fingerprint density at radius 2 is 2.36 bits per heavy atom. The molecular weight excluding hydrogens is 178 g/mol. The first-order chi connectivity index (χ1) is 6.61. The average Bonchev–Trinajstić information content (AvgIpc) is 2.51. The van der Waals surface area contributed by atoms with E-state index in [1.165, 1.54) is 0 Å². The normalized spacial score (nSPS) is 11.2. The SMILES string of the molecule is CC(C)N(C)CCNc1cn[nH]c1N. The van der Waals surface area contributed by atoms with Crippen LogP contribution in [0.3, 0.4) is 0 Å². The van der Waals surface area contributed by atoms with Gasteiger partial charge in [0, 0.05) is 19.1 Å². The van der Waals surface area contributed by atoms with E-state index in [0.717, 1.165) is 18.8 Å². The monoisotopic (exact) mass is 197 g/mol. The molecule has 0 unspecified atom stereocenters. The molecule has 1 rings (SSSR count). The molecule has 5 heteroatoms. The molecular formula is C9H19N5. The van der Waals surface area contributed by atoms with Crippen LogP contribution in [0.25, 0.3) is 0 Å². The van der Waals surface area contributed by atoms with Crippen LogP contribution in [0.15, 0.2) is 6.20 Å². The Kier molecular flexibility index (Phi) is 3.76. The van der Waals surface area contributed by atoms with E-state index in [9.17, 15) is 0 Å². The van der Waals surface area contributed by atoms with Crippen molar-refractivity contribution in [2.45, 2.75) is 19.9 Å². The van der Waals surface area contributed by atoms with Crippen LogP contribution in [0, 0.1) is 0 Å². The molecule has 0 bridgehead atoms. The third-order valence-electron chi connectivity index (χ3n) is 2.33. The highest BCUT2D eigenvalue weighted by atomic mass is 15.2. The van der Waals surface area contributed by atoms with Crippen LogP contribution in [0.2, 0.25) is 0 Å². The van der Waals surface area contributed by atoms with Gasteiger partial charge in [-0.15, -0.1) is 0 Å². The highest BCUT2D eigenvalue weighted by molar-refractivity contribution is 5.59. The van der Waals surface area contributed by atoms with Gasteiger partial charge < -0.3 is 16.0 Å². The smallest absolute Gasteiger partial charge is 0.142 e. The molecule has 0 aliphatic heterocycles. The number of H-pyrrole nitrogens is 1. The van der Waals surface area contributed by atoms with Crippen LogP contribution < -0.4 is 11.1 Å². The van der Waals surface area contributed by atoms with E-state index >= 15 is 0 Å². The van der Waals surface area contributed by atoms with Crippen molar-refractivity contribution in [1.82, 2.24) is 15.1 Å². The van der Waals surface area contributed by atoms with E-state index in [-0.39, 0.29) is 0 Å². The zero-order chi connectivity index (χ0) is 10.6. The molecule has 80 valence electrons. The van der Waals surface area contributed by atoms with Crippen molar-refractivity contribution in [2.24, 2.45) is 0 Å². The maximum atomic E-state index is 5.62. The van der Waals surface area contributed by atoms with Crippen LogP contribution in [0.5, 0.6) is 0 Å². The van der Waals surface area contributed by atoms with E-state index < -0.39 is 0 Å². The Morgan fingerprint density at radius 3 is 2.86 bits per heavy atom. The quantitative estimate of drug-likeness (QED) is 0.651. The maximum absolute atomic E-state index is 5.62. The van der Waals surface area contributed by atoms with Gasteiger partial charge in [0.25, 0.3) is 0 Å². The fourth-order valence-corrected chi connectivity index (χ4v) is 1.06. The lowest BCUT2D eigenvalue weighted by atomic mass is 10.3. The number of nitrogens with two attached hydrogens (primary N) is 1. The zero-order valence-electron chi connectivity index (χ0n) is 9.04. The summed E-state index contributed by atoms with van der Waals surface area (Å²) in [6.45, 7) is 6.21. The van der Waals surface area contributed by atoms with Gasteiger partial charge >= 0.3 is 0 Å². The van der Waals surface area contributed by atoms with E-state index in [2.05, 4.69) is 41.3 Å². The van der Waals surface area contributed by atoms with Crippen LogP contribution in [0.4, 0.5) is 11.5 Å². The largest absolute Gasteiger partial charge is 0.382 e. The molecule has 0 aliphatic carbocycles. The molecule has 0 saturated carbocycles. The van der Waals surface area contributed by atoms with E-state index in [1.54, 1.807) is 6.20 Å². The summed E-state index contributed by atoms with van der Waals surface area (Å²) in [6.07, 6.45) is 1.70. The summed E-state index contributed by atoms with van der Waals surface area (Å²) >= 11 is 0. The molecule has 1 aromatic rings. The minimum atomic E-state index is 0.568. The standard InChI is InChI=1S/C9H19N5/c1-7(2)14(3)5-4-11-8-6-12-13-9(8)10/h6-7,11H,4-5H2,1-3H3,(H3,10,12,13). The zero-order valence-corrected chi connectivity index (χ0v) is 9.04. The van der Waals surface area contributed by atoms with Crippen LogP contribution in [-0.4, -0.2) is 41.3 Å². The highest BCUT2D eigenvalue weighted by Crippen LogP contribution is 2.11. The first-order valence-electron chi connectivity index (χ1n) is 4.84. The number of nitrogen functional groups attached to an aromatic ring is 1. The summed E-state index contributed by atoms with van der Waals surface area (Å²) in [5.74, 6) is 0.595. The third kappa shape index (κ3) is 2.92. The van der Waals surface area contributed by atoms with Gasteiger partial charge in [-0.3, -0.25) is 5.10 Å². The third-order valence-corrected chi connectivity index (χ3v) is 2.33. The molecule has 1 aromatic heterocycles. The molecule has 0 aromatic carbocycles. The van der Waals surface area contributed by atoms with Gasteiger partial charge in [-0.05, 0) is 20.9 Å². The Morgan fingerprint density at radius 1 is 1.64 bits per heavy atom. The topological polar surface area (TPSA) is 70.0 Å². The second kappa shape index (κ2) is 4.85. The van der Waals surface area contributed by atoms with E-state index in [4.69, 9.17) is 5.73 Å². The van der Waals surface area contributed by atoms with Gasteiger partial charge in [0.2, 0.25) is 0 Å². The second-order valence-electron chi connectivity index (χ2n) is 3.70. The highest BCUT2D eigenvalue weighted by Gasteiger charge is 2.03. The lowest BCUT2D eigenvalue weighted by Crippen LogP contribution is -2.31. The maximum Gasteiger partial charge on any atom is 0.142 e. The number of aromatic nitrogens is 2. The second-order valence-corrected chi connectivity index (χ2v) is 3.70. The molecule has 1 heterocycles. The summed E-state index contributed by atoms with van der Waals surface area (Å²) in [7, 11) is 2.10. The van der Waals surface area contributed by atoms with Crippen LogP contribution in [-0.2, 0) is 0 Å². The van der Waals surface area contributed by atoms with Gasteiger partial charge in [0.1, 0.15) is 5.82 Å². The number of hydrogen-bond donors (Lipinski definition) is 3. The van der Waals surface area contributed by atoms with E-state index in [1.807, 2.05) is 0 Å². The Hall–Kier alpha value is -1.23. The van der Waals surface area contributed by atoms with Crippen molar-refractivity contribution in [3.05, 3.63) is 6.20 Å². The number of nitrogens with one attached hydrogen (secondary N) is 2. The van der Waals surface area contributed by atoms with E-state index in [0.29, 0.717) is 11.9 Å². The van der Waals surface area contributed by atoms with Crippen LogP contribution >= 0.6 is 0 Å². The van der Waals surface area contributed by atoms with Gasteiger partial charge in [-0.2, -0.15) is 5.10 Å². The first kappa shape index (κ1) is 10.8. The molecule has 14 heavy (non-hydrogen) atoms. The van der Waals surface area contributed by atoms with Crippen molar-refractivity contribution in [3.63, 3.8) is 0 Å². The van der Waals surface area contributed by atoms with Gasteiger partial charge in [0.05, 0.1) is 11.9 Å². The lowest BCUT2D eigenvalue weighted by Gasteiger charge is -2.20. The first-order valence-corrected chi connectivity index (χ1v) is 4.84. The van der Waals surface area contributed by atoms with Crippen molar-refractivity contribution in [2.75, 3.05) is 31.2 Å². The predicted octanol–water partition coefficient (Wildman–Crippen LogP) is 0.744.